The van der Waals surface area contributed by atoms with Gasteiger partial charge in [-0.1, -0.05) is 29.8 Å². The van der Waals surface area contributed by atoms with Crippen molar-refractivity contribution in [3.63, 3.8) is 0 Å². The molecule has 0 spiro atoms. The predicted molar refractivity (Wildman–Crippen MR) is 103 cm³/mol. The molecule has 2 aromatic carbocycles. The minimum Gasteiger partial charge on any atom is -0.330 e. The Balaban J connectivity index is 1.44. The van der Waals surface area contributed by atoms with E-state index in [-0.39, 0.29) is 4.90 Å². The highest BCUT2D eigenvalue weighted by atomic mass is 35.5. The molecular formula is C19H20ClN3O2S. The number of imidazole rings is 1. The minimum atomic E-state index is -3.47. The van der Waals surface area contributed by atoms with Crippen LogP contribution in [-0.4, -0.2) is 35.4 Å². The number of halogens is 1. The van der Waals surface area contributed by atoms with Gasteiger partial charge >= 0.3 is 0 Å². The number of piperidine rings is 1. The highest BCUT2D eigenvalue weighted by Crippen LogP contribution is 2.27. The van der Waals surface area contributed by atoms with Gasteiger partial charge in [-0.3, -0.25) is 0 Å². The van der Waals surface area contributed by atoms with Gasteiger partial charge in [0.1, 0.15) is 0 Å². The Labute approximate surface area is 158 Å². The summed E-state index contributed by atoms with van der Waals surface area (Å²) in [5, 5.41) is 0.438. The number of sulfonamides is 1. The SMILES string of the molecule is O=S(=O)(c1cccc(Cl)c1)N1CCC(Cn2cnc3ccccc32)CC1. The quantitative estimate of drug-likeness (QED) is 0.682. The van der Waals surface area contributed by atoms with Crippen molar-refractivity contribution in [2.45, 2.75) is 24.3 Å². The molecule has 5 nitrogen and oxygen atoms in total. The largest absolute Gasteiger partial charge is 0.330 e. The Morgan fingerprint density at radius 3 is 2.62 bits per heavy atom. The molecule has 2 heterocycles. The summed E-state index contributed by atoms with van der Waals surface area (Å²) in [6, 6.07) is 14.5. The third-order valence-electron chi connectivity index (χ3n) is 4.99. The van der Waals surface area contributed by atoms with Gasteiger partial charge in [-0.15, -0.1) is 0 Å². The molecule has 0 atom stereocenters. The number of rotatable bonds is 4. The topological polar surface area (TPSA) is 55.2 Å². The Morgan fingerprint density at radius 1 is 1.08 bits per heavy atom. The van der Waals surface area contributed by atoms with Gasteiger partial charge in [-0.05, 0) is 49.1 Å². The maximum absolute atomic E-state index is 12.8. The lowest BCUT2D eigenvalue weighted by Gasteiger charge is -2.31. The van der Waals surface area contributed by atoms with Crippen molar-refractivity contribution in [1.82, 2.24) is 13.9 Å². The molecule has 26 heavy (non-hydrogen) atoms. The third kappa shape index (κ3) is 3.37. The van der Waals surface area contributed by atoms with E-state index in [1.54, 1.807) is 22.5 Å². The van der Waals surface area contributed by atoms with Crippen LogP contribution in [0.15, 0.2) is 59.8 Å². The van der Waals surface area contributed by atoms with E-state index in [0.717, 1.165) is 30.4 Å². The van der Waals surface area contributed by atoms with Crippen molar-refractivity contribution >= 4 is 32.7 Å². The second-order valence-corrected chi connectivity index (χ2v) is 9.06. The van der Waals surface area contributed by atoms with Crippen LogP contribution in [0.2, 0.25) is 5.02 Å². The average molecular weight is 390 g/mol. The zero-order valence-electron chi connectivity index (χ0n) is 14.3. The van der Waals surface area contributed by atoms with Crippen LogP contribution >= 0.6 is 11.6 Å². The van der Waals surface area contributed by atoms with E-state index in [4.69, 9.17) is 11.6 Å². The molecule has 0 saturated carbocycles. The molecule has 4 rings (SSSR count). The van der Waals surface area contributed by atoms with Crippen LogP contribution in [0, 0.1) is 5.92 Å². The van der Waals surface area contributed by atoms with Gasteiger partial charge in [0.15, 0.2) is 0 Å². The van der Waals surface area contributed by atoms with Crippen LogP contribution in [0.1, 0.15) is 12.8 Å². The zero-order chi connectivity index (χ0) is 18.1. The van der Waals surface area contributed by atoms with Crippen LogP contribution in [0.4, 0.5) is 0 Å². The standard InChI is InChI=1S/C19H20ClN3O2S/c20-16-4-3-5-17(12-16)26(24,25)23-10-8-15(9-11-23)13-22-14-21-18-6-1-2-7-19(18)22/h1-7,12,14-15H,8-11,13H2. The van der Waals surface area contributed by atoms with Crippen molar-refractivity contribution in [3.8, 4) is 0 Å². The van der Waals surface area contributed by atoms with Crippen LogP contribution in [-0.2, 0) is 16.6 Å². The first-order valence-corrected chi connectivity index (χ1v) is 10.5. The van der Waals surface area contributed by atoms with Gasteiger partial charge in [0.25, 0.3) is 0 Å². The molecule has 3 aromatic rings. The fourth-order valence-electron chi connectivity index (χ4n) is 3.54. The van der Waals surface area contributed by atoms with Gasteiger partial charge in [0.2, 0.25) is 10.0 Å². The summed E-state index contributed by atoms with van der Waals surface area (Å²) in [7, 11) is -3.47. The summed E-state index contributed by atoms with van der Waals surface area (Å²) in [5.41, 5.74) is 2.12. The number of benzene rings is 2. The Hall–Kier alpha value is -1.89. The smallest absolute Gasteiger partial charge is 0.243 e. The molecule has 0 aliphatic carbocycles. The number of hydrogen-bond donors (Lipinski definition) is 0. The van der Waals surface area contributed by atoms with Gasteiger partial charge in [-0.2, -0.15) is 4.31 Å². The van der Waals surface area contributed by atoms with Crippen LogP contribution in [0.5, 0.6) is 0 Å². The normalized spacial score (nSPS) is 17.0. The fourth-order valence-corrected chi connectivity index (χ4v) is 5.31. The lowest BCUT2D eigenvalue weighted by atomic mass is 9.98. The molecule has 1 fully saturated rings. The summed E-state index contributed by atoms with van der Waals surface area (Å²) >= 11 is 5.95. The predicted octanol–water partition coefficient (Wildman–Crippen LogP) is 3.79. The maximum atomic E-state index is 12.8. The van der Waals surface area contributed by atoms with E-state index < -0.39 is 10.0 Å². The van der Waals surface area contributed by atoms with Crippen molar-refractivity contribution in [2.24, 2.45) is 5.92 Å². The number of hydrogen-bond acceptors (Lipinski definition) is 3. The maximum Gasteiger partial charge on any atom is 0.243 e. The minimum absolute atomic E-state index is 0.268. The van der Waals surface area contributed by atoms with Gasteiger partial charge in [0.05, 0.1) is 22.3 Å². The molecule has 0 N–H and O–H groups in total. The van der Waals surface area contributed by atoms with E-state index in [1.165, 1.54) is 6.07 Å². The summed E-state index contributed by atoms with van der Waals surface area (Å²) in [5.74, 6) is 0.443. The molecule has 0 unspecified atom stereocenters. The van der Waals surface area contributed by atoms with E-state index >= 15 is 0 Å². The van der Waals surface area contributed by atoms with Crippen molar-refractivity contribution in [1.29, 1.82) is 0 Å². The summed E-state index contributed by atoms with van der Waals surface area (Å²) < 4.78 is 29.3. The average Bonchev–Trinajstić information content (AvgIpc) is 3.05. The Kier molecular flexibility index (Phi) is 4.73. The summed E-state index contributed by atoms with van der Waals surface area (Å²) in [6.45, 7) is 1.93. The monoisotopic (exact) mass is 389 g/mol. The molecule has 7 heteroatoms. The van der Waals surface area contributed by atoms with E-state index in [9.17, 15) is 8.42 Å². The third-order valence-corrected chi connectivity index (χ3v) is 7.12. The first-order chi connectivity index (χ1) is 12.5. The second-order valence-electron chi connectivity index (χ2n) is 6.69. The molecule has 0 radical (unpaired) electrons. The van der Waals surface area contributed by atoms with Crippen LogP contribution < -0.4 is 0 Å². The first-order valence-electron chi connectivity index (χ1n) is 8.69. The molecule has 1 saturated heterocycles. The molecular weight excluding hydrogens is 370 g/mol. The zero-order valence-corrected chi connectivity index (χ0v) is 15.8. The van der Waals surface area contributed by atoms with E-state index in [2.05, 4.69) is 15.6 Å². The summed E-state index contributed by atoms with van der Waals surface area (Å²) in [4.78, 5) is 4.70. The molecule has 0 bridgehead atoms. The highest BCUT2D eigenvalue weighted by Gasteiger charge is 2.29. The van der Waals surface area contributed by atoms with Gasteiger partial charge in [0, 0.05) is 24.7 Å². The first kappa shape index (κ1) is 17.5. The molecule has 1 aliphatic rings. The molecule has 136 valence electrons. The van der Waals surface area contributed by atoms with E-state index in [1.807, 2.05) is 24.5 Å². The number of aromatic nitrogens is 2. The molecule has 1 aromatic heterocycles. The highest BCUT2D eigenvalue weighted by molar-refractivity contribution is 7.89. The van der Waals surface area contributed by atoms with Crippen molar-refractivity contribution in [3.05, 3.63) is 59.9 Å². The second kappa shape index (κ2) is 7.02. The lowest BCUT2D eigenvalue weighted by molar-refractivity contribution is 0.254. The van der Waals surface area contributed by atoms with Crippen molar-refractivity contribution < 1.29 is 8.42 Å². The van der Waals surface area contributed by atoms with E-state index in [0.29, 0.717) is 24.0 Å². The number of fused-ring (bicyclic) bond motifs is 1. The number of nitrogens with zero attached hydrogens (tertiary/aromatic N) is 3. The van der Waals surface area contributed by atoms with Crippen LogP contribution in [0.25, 0.3) is 11.0 Å². The Morgan fingerprint density at radius 2 is 1.85 bits per heavy atom. The molecule has 1 aliphatic heterocycles. The van der Waals surface area contributed by atoms with Gasteiger partial charge in [-0.25, -0.2) is 13.4 Å². The fraction of sp³-hybridized carbons (Fsp3) is 0.316. The van der Waals surface area contributed by atoms with Crippen molar-refractivity contribution in [2.75, 3.05) is 13.1 Å². The van der Waals surface area contributed by atoms with Crippen LogP contribution in [0.3, 0.4) is 0 Å². The number of para-hydroxylation sites is 2. The van der Waals surface area contributed by atoms with Gasteiger partial charge < -0.3 is 4.57 Å². The Bertz CT molecular complexity index is 1020. The summed E-state index contributed by atoms with van der Waals surface area (Å²) in [6.07, 6.45) is 3.55. The molecule has 0 amide bonds. The lowest BCUT2D eigenvalue weighted by Crippen LogP contribution is -2.39.